The van der Waals surface area contributed by atoms with Crippen LogP contribution in [0.25, 0.3) is 0 Å². The van der Waals surface area contributed by atoms with Crippen LogP contribution in [0.3, 0.4) is 0 Å². The number of hydrogen-bond acceptors (Lipinski definition) is 0. The molecule has 0 heterocycles. The van der Waals surface area contributed by atoms with Crippen LogP contribution in [-0.2, 0) is 21.7 Å². The summed E-state index contributed by atoms with van der Waals surface area (Å²) in [4.78, 5) is 0. The second-order valence-electron chi connectivity index (χ2n) is 8.84. The van der Waals surface area contributed by atoms with E-state index in [1.807, 2.05) is 0 Å². The van der Waals surface area contributed by atoms with E-state index in [2.05, 4.69) is 130 Å². The van der Waals surface area contributed by atoms with Crippen molar-refractivity contribution in [2.45, 2.75) is 38.5 Å². The van der Waals surface area contributed by atoms with Crippen LogP contribution < -0.4 is 50.9 Å². The average Bonchev–Trinajstić information content (AvgIpc) is 3.39. The average molecular weight is 667 g/mol. The normalized spacial score (nSPS) is 17.8. The summed E-state index contributed by atoms with van der Waals surface area (Å²) in [5, 5.41) is 0. The van der Waals surface area contributed by atoms with Crippen LogP contribution in [0, 0.1) is 17.3 Å². The summed E-state index contributed by atoms with van der Waals surface area (Å²) in [5.74, 6) is 0.996. The van der Waals surface area contributed by atoms with Crippen LogP contribution in [0.5, 0.6) is 0 Å². The van der Waals surface area contributed by atoms with E-state index in [9.17, 15) is 0 Å². The molecule has 0 radical (unpaired) electrons. The Labute approximate surface area is 246 Å². The summed E-state index contributed by atoms with van der Waals surface area (Å²) in [5.41, 5.74) is 2.81. The zero-order valence-corrected chi connectivity index (χ0v) is 25.5. The molecule has 4 heteroatoms. The van der Waals surface area contributed by atoms with Crippen molar-refractivity contribution in [1.29, 1.82) is 0 Å². The van der Waals surface area contributed by atoms with Gasteiger partial charge in [-0.25, -0.2) is 0 Å². The Hall–Kier alpha value is -0.446. The van der Waals surface area contributed by atoms with Crippen molar-refractivity contribution < 1.29 is 72.7 Å². The number of benzene rings is 2. The summed E-state index contributed by atoms with van der Waals surface area (Å²) in [6, 6.07) is 21.8. The zero-order chi connectivity index (χ0) is 20.2. The maximum absolute atomic E-state index is 2.60. The van der Waals surface area contributed by atoms with Gasteiger partial charge in [0.25, 0.3) is 0 Å². The largest absolute Gasteiger partial charge is 4.00 e. The summed E-state index contributed by atoms with van der Waals surface area (Å²) >= 11 is 0. The van der Waals surface area contributed by atoms with E-state index in [0.717, 1.165) is 12.8 Å². The first-order valence-electron chi connectivity index (χ1n) is 10.8. The summed E-state index contributed by atoms with van der Waals surface area (Å²) in [7, 11) is 0. The van der Waals surface area contributed by atoms with Gasteiger partial charge in [-0.15, -0.1) is 35.1 Å². The molecule has 0 bridgehead atoms. The van der Waals surface area contributed by atoms with Gasteiger partial charge in [-0.05, 0) is 23.0 Å². The molecule has 0 fully saturated rings. The van der Waals surface area contributed by atoms with Crippen molar-refractivity contribution in [2.75, 3.05) is 0 Å². The number of halogens is 3. The third-order valence-electron chi connectivity index (χ3n) is 6.44. The Kier molecular flexibility index (Phi) is 14.6. The molecule has 172 valence electrons. The first kappa shape index (κ1) is 32.6. The second-order valence-corrected chi connectivity index (χ2v) is 8.84. The molecule has 0 N–H and O–H groups in total. The number of hydrogen-bond donors (Lipinski definition) is 0. The summed E-state index contributed by atoms with van der Waals surface area (Å²) in [6.07, 6.45) is 23.2. The molecule has 2 aliphatic rings. The van der Waals surface area contributed by atoms with E-state index >= 15 is 0 Å². The van der Waals surface area contributed by atoms with Gasteiger partial charge in [0.1, 0.15) is 0 Å². The summed E-state index contributed by atoms with van der Waals surface area (Å²) in [6.45, 7) is 4.70. The van der Waals surface area contributed by atoms with Gasteiger partial charge in [0, 0.05) is 0 Å². The molecule has 0 aromatic heterocycles. The van der Waals surface area contributed by atoms with Crippen LogP contribution in [0.2, 0.25) is 0 Å². The number of rotatable bonds is 8. The van der Waals surface area contributed by atoms with Crippen molar-refractivity contribution in [3.8, 4) is 0 Å². The van der Waals surface area contributed by atoms with Gasteiger partial charge in [0.2, 0.25) is 0 Å². The molecule has 2 atom stereocenters. The third-order valence-corrected chi connectivity index (χ3v) is 6.44. The molecule has 0 amide bonds. The van der Waals surface area contributed by atoms with Crippen LogP contribution >= 0.6 is 0 Å². The van der Waals surface area contributed by atoms with Crippen molar-refractivity contribution in [3.63, 3.8) is 0 Å². The van der Waals surface area contributed by atoms with Gasteiger partial charge in [0.05, 0.1) is 0 Å². The SMILES string of the molecule is CC(CC1([CH-]C2(CC(C)c3ccccc3)C=CC=C2)C=CC=C1)c1ccccc1.[Br-].[Br-].[Br-].[Ti+4]. The predicted octanol–water partition coefficient (Wildman–Crippen LogP) is -1.19. The molecule has 0 aliphatic heterocycles. The van der Waals surface area contributed by atoms with Gasteiger partial charge in [-0.3, -0.25) is 0 Å². The molecule has 2 unspecified atom stereocenters. The van der Waals surface area contributed by atoms with Crippen LogP contribution in [0.4, 0.5) is 0 Å². The Balaban J connectivity index is 0.00000256. The van der Waals surface area contributed by atoms with E-state index in [-0.39, 0.29) is 83.5 Å². The minimum absolute atomic E-state index is 0. The minimum Gasteiger partial charge on any atom is -1.00 e. The fourth-order valence-electron chi connectivity index (χ4n) is 4.99. The Morgan fingerprint density at radius 2 is 0.879 bits per heavy atom. The quantitative estimate of drug-likeness (QED) is 0.246. The maximum Gasteiger partial charge on any atom is 4.00 e. The zero-order valence-electron chi connectivity index (χ0n) is 19.2. The molecule has 0 saturated carbocycles. The summed E-state index contributed by atoms with van der Waals surface area (Å²) < 4.78 is 0. The van der Waals surface area contributed by atoms with Gasteiger partial charge in [-0.1, -0.05) is 112 Å². The minimum atomic E-state index is -0.00924. The Morgan fingerprint density at radius 3 is 1.18 bits per heavy atom. The molecular weight excluding hydrogens is 636 g/mol. The van der Waals surface area contributed by atoms with Crippen molar-refractivity contribution in [1.82, 2.24) is 0 Å². The predicted molar refractivity (Wildman–Crippen MR) is 125 cm³/mol. The first-order valence-corrected chi connectivity index (χ1v) is 10.8. The molecule has 33 heavy (non-hydrogen) atoms. The third kappa shape index (κ3) is 8.32. The molecule has 2 aromatic rings. The standard InChI is InChI=1S/C29H31.3BrH.Ti/c1-24(26-13-5-3-6-14-26)21-28(17-9-10-18-28)23-29(19-11-12-20-29)22-25(2)27-15-7-4-8-16-27;;;;/h3-20,23-25H,21-22H2,1-2H3;3*1H;/q-1;;;;+4/p-3. The molecule has 2 aromatic carbocycles. The van der Waals surface area contributed by atoms with E-state index in [1.54, 1.807) is 0 Å². The van der Waals surface area contributed by atoms with Crippen LogP contribution in [0.15, 0.2) is 109 Å². The topological polar surface area (TPSA) is 0 Å². The maximum atomic E-state index is 2.60. The van der Waals surface area contributed by atoms with Gasteiger partial charge in [0.15, 0.2) is 0 Å². The molecule has 0 nitrogen and oxygen atoms in total. The van der Waals surface area contributed by atoms with Gasteiger partial charge < -0.3 is 57.4 Å². The molecule has 4 rings (SSSR count). The van der Waals surface area contributed by atoms with Gasteiger partial charge in [-0.2, -0.15) is 0 Å². The smallest absolute Gasteiger partial charge is 1.00 e. The van der Waals surface area contributed by atoms with Crippen molar-refractivity contribution >= 4 is 0 Å². The first-order chi connectivity index (χ1) is 14.1. The Morgan fingerprint density at radius 1 is 0.576 bits per heavy atom. The fraction of sp³-hybridized carbons (Fsp3) is 0.276. The molecule has 0 spiro atoms. The van der Waals surface area contributed by atoms with Crippen LogP contribution in [-0.4, -0.2) is 0 Å². The molecule has 2 aliphatic carbocycles. The molecule has 0 saturated heterocycles. The molecular formula is C29H31Br3Ti. The van der Waals surface area contributed by atoms with Crippen molar-refractivity contribution in [3.05, 3.63) is 127 Å². The van der Waals surface area contributed by atoms with Crippen LogP contribution in [0.1, 0.15) is 49.7 Å². The Bertz CT molecular complexity index is 830. The van der Waals surface area contributed by atoms with E-state index < -0.39 is 0 Å². The van der Waals surface area contributed by atoms with E-state index in [0.29, 0.717) is 11.8 Å². The van der Waals surface area contributed by atoms with Crippen molar-refractivity contribution in [2.24, 2.45) is 10.8 Å². The van der Waals surface area contributed by atoms with E-state index in [4.69, 9.17) is 0 Å². The number of allylic oxidation sites excluding steroid dienone is 8. The van der Waals surface area contributed by atoms with Gasteiger partial charge >= 0.3 is 21.7 Å². The fourth-order valence-corrected chi connectivity index (χ4v) is 4.99. The van der Waals surface area contributed by atoms with E-state index in [1.165, 1.54) is 11.1 Å². The monoisotopic (exact) mass is 664 g/mol. The second kappa shape index (κ2) is 14.8.